The summed E-state index contributed by atoms with van der Waals surface area (Å²) in [4.78, 5) is 22.7. The number of pyridine rings is 2. The maximum absolute atomic E-state index is 12.7. The van der Waals surface area contributed by atoms with Crippen molar-refractivity contribution in [2.45, 2.75) is 0 Å². The van der Waals surface area contributed by atoms with E-state index in [4.69, 9.17) is 5.73 Å². The van der Waals surface area contributed by atoms with Gasteiger partial charge in [-0.2, -0.15) is 0 Å². The number of hydrogen-bond acceptors (Lipinski definition) is 5. The summed E-state index contributed by atoms with van der Waals surface area (Å²) in [6, 6.07) is 16.8. The Morgan fingerprint density at radius 2 is 1.71 bits per heavy atom. The molecule has 5 heteroatoms. The maximum atomic E-state index is 12.7. The molecule has 4 nitrogen and oxygen atoms in total. The Morgan fingerprint density at radius 3 is 2.46 bits per heavy atom. The van der Waals surface area contributed by atoms with Crippen molar-refractivity contribution in [3.63, 3.8) is 0 Å². The molecule has 0 aliphatic carbocycles. The van der Waals surface area contributed by atoms with E-state index in [2.05, 4.69) is 9.97 Å². The summed E-state index contributed by atoms with van der Waals surface area (Å²) in [6.45, 7) is 0. The summed E-state index contributed by atoms with van der Waals surface area (Å²) in [7, 11) is 0. The lowest BCUT2D eigenvalue weighted by Crippen LogP contribution is -2.01. The highest BCUT2D eigenvalue weighted by molar-refractivity contribution is 7.21. The normalized spacial score (nSPS) is 10.8. The van der Waals surface area contributed by atoms with E-state index in [9.17, 15) is 4.79 Å². The molecule has 3 aromatic heterocycles. The van der Waals surface area contributed by atoms with E-state index in [-0.39, 0.29) is 5.78 Å². The highest BCUT2D eigenvalue weighted by Gasteiger charge is 2.18. The van der Waals surface area contributed by atoms with Crippen molar-refractivity contribution < 1.29 is 4.79 Å². The van der Waals surface area contributed by atoms with Gasteiger partial charge in [0.05, 0.1) is 11.4 Å². The fourth-order valence-corrected chi connectivity index (χ4v) is 3.63. The van der Waals surface area contributed by atoms with Gasteiger partial charge in [0.2, 0.25) is 5.78 Å². The van der Waals surface area contributed by atoms with E-state index in [1.165, 1.54) is 11.3 Å². The Balaban J connectivity index is 1.82. The van der Waals surface area contributed by atoms with Gasteiger partial charge in [-0.1, -0.05) is 30.3 Å². The number of carbonyl (C=O) groups excluding carboxylic acids is 1. The van der Waals surface area contributed by atoms with Crippen LogP contribution < -0.4 is 5.73 Å². The minimum absolute atomic E-state index is 0.0680. The van der Waals surface area contributed by atoms with Crippen LogP contribution in [0, 0.1) is 0 Å². The zero-order valence-electron chi connectivity index (χ0n) is 12.6. The summed E-state index contributed by atoms with van der Waals surface area (Å²) in [5.41, 5.74) is 9.15. The molecular formula is C19H13N3OS. The first-order valence-electron chi connectivity index (χ1n) is 7.43. The summed E-state index contributed by atoms with van der Waals surface area (Å²) in [5, 5.41) is 0.817. The van der Waals surface area contributed by atoms with Crippen LogP contribution in [-0.2, 0) is 0 Å². The van der Waals surface area contributed by atoms with Gasteiger partial charge in [0.25, 0.3) is 0 Å². The van der Waals surface area contributed by atoms with Gasteiger partial charge in [0, 0.05) is 28.9 Å². The number of ketones is 1. The van der Waals surface area contributed by atoms with Crippen LogP contribution in [0.25, 0.3) is 21.5 Å². The molecule has 0 atom stereocenters. The average Bonchev–Trinajstić information content (AvgIpc) is 2.99. The fraction of sp³-hybridized carbons (Fsp3) is 0. The molecule has 24 heavy (non-hydrogen) atoms. The number of benzene rings is 1. The molecule has 0 fully saturated rings. The monoisotopic (exact) mass is 331 g/mol. The summed E-state index contributed by atoms with van der Waals surface area (Å²) >= 11 is 1.33. The van der Waals surface area contributed by atoms with Crippen molar-refractivity contribution in [3.05, 3.63) is 77.4 Å². The molecule has 0 aliphatic rings. The van der Waals surface area contributed by atoms with Crippen molar-refractivity contribution in [2.75, 3.05) is 5.73 Å². The van der Waals surface area contributed by atoms with Crippen LogP contribution in [0.5, 0.6) is 0 Å². The van der Waals surface area contributed by atoms with Crippen LogP contribution in [0.2, 0.25) is 0 Å². The van der Waals surface area contributed by atoms with Crippen LogP contribution in [0.4, 0.5) is 5.69 Å². The molecule has 0 spiro atoms. The largest absolute Gasteiger partial charge is 0.397 e. The summed E-state index contributed by atoms with van der Waals surface area (Å²) < 4.78 is 0. The van der Waals surface area contributed by atoms with Crippen molar-refractivity contribution in [1.29, 1.82) is 0 Å². The molecule has 0 saturated carbocycles. The zero-order valence-corrected chi connectivity index (χ0v) is 13.5. The van der Waals surface area contributed by atoms with Crippen LogP contribution in [0.1, 0.15) is 15.2 Å². The third-order valence-corrected chi connectivity index (χ3v) is 4.93. The van der Waals surface area contributed by atoms with Crippen molar-refractivity contribution >= 4 is 33.0 Å². The molecule has 0 saturated heterocycles. The van der Waals surface area contributed by atoms with E-state index < -0.39 is 0 Å². The van der Waals surface area contributed by atoms with E-state index in [1.807, 2.05) is 42.5 Å². The van der Waals surface area contributed by atoms with Crippen LogP contribution in [0.3, 0.4) is 0 Å². The van der Waals surface area contributed by atoms with E-state index in [0.29, 0.717) is 16.1 Å². The second kappa shape index (κ2) is 5.86. The molecule has 1 aromatic carbocycles. The van der Waals surface area contributed by atoms with Gasteiger partial charge >= 0.3 is 0 Å². The third-order valence-electron chi connectivity index (χ3n) is 3.81. The standard InChI is InChI=1S/C19H13N3OS/c20-16-14-6-7-15(12-8-10-21-11-9-12)22-19(14)24-18(16)17(23)13-4-2-1-3-5-13/h1-11H,20H2. The van der Waals surface area contributed by atoms with Crippen LogP contribution in [-0.4, -0.2) is 15.8 Å². The zero-order chi connectivity index (χ0) is 16.5. The maximum Gasteiger partial charge on any atom is 0.205 e. The molecule has 3 heterocycles. The number of anilines is 1. The number of aromatic nitrogens is 2. The van der Waals surface area contributed by atoms with Crippen molar-refractivity contribution in [3.8, 4) is 11.3 Å². The quantitative estimate of drug-likeness (QED) is 0.572. The molecule has 0 aliphatic heterocycles. The Hall–Kier alpha value is -3.05. The molecule has 4 rings (SSSR count). The highest BCUT2D eigenvalue weighted by atomic mass is 32.1. The Kier molecular flexibility index (Phi) is 3.55. The summed E-state index contributed by atoms with van der Waals surface area (Å²) in [5.74, 6) is -0.0680. The molecule has 116 valence electrons. The Labute approximate surface area is 142 Å². The SMILES string of the molecule is Nc1c(C(=O)c2ccccc2)sc2nc(-c3ccncc3)ccc12. The van der Waals surface area contributed by atoms with E-state index in [1.54, 1.807) is 24.5 Å². The smallest absolute Gasteiger partial charge is 0.205 e. The molecule has 0 amide bonds. The predicted octanol–water partition coefficient (Wildman–Crippen LogP) is 4.17. The Bertz CT molecular complexity index is 1030. The van der Waals surface area contributed by atoms with Crippen LogP contribution >= 0.6 is 11.3 Å². The first kappa shape index (κ1) is 14.5. The van der Waals surface area contributed by atoms with Gasteiger partial charge in [0.15, 0.2) is 0 Å². The van der Waals surface area contributed by atoms with Gasteiger partial charge in [-0.05, 0) is 24.3 Å². The second-order valence-electron chi connectivity index (χ2n) is 5.33. The number of carbonyl (C=O) groups is 1. The summed E-state index contributed by atoms with van der Waals surface area (Å²) in [6.07, 6.45) is 3.46. The van der Waals surface area contributed by atoms with E-state index in [0.717, 1.165) is 21.5 Å². The predicted molar refractivity (Wildman–Crippen MR) is 97.1 cm³/mol. The fourth-order valence-electron chi connectivity index (χ4n) is 2.57. The lowest BCUT2D eigenvalue weighted by atomic mass is 10.1. The second-order valence-corrected chi connectivity index (χ2v) is 6.32. The molecule has 0 radical (unpaired) electrons. The number of nitrogens with two attached hydrogens (primary N) is 1. The lowest BCUT2D eigenvalue weighted by Gasteiger charge is -2.00. The first-order chi connectivity index (χ1) is 11.7. The number of hydrogen-bond donors (Lipinski definition) is 1. The van der Waals surface area contributed by atoms with Gasteiger partial charge < -0.3 is 5.73 Å². The van der Waals surface area contributed by atoms with Gasteiger partial charge in [-0.25, -0.2) is 4.98 Å². The molecule has 0 unspecified atom stereocenters. The van der Waals surface area contributed by atoms with Gasteiger partial charge in [0.1, 0.15) is 9.71 Å². The first-order valence-corrected chi connectivity index (χ1v) is 8.25. The number of rotatable bonds is 3. The number of thiophene rings is 1. The van der Waals surface area contributed by atoms with Crippen molar-refractivity contribution in [1.82, 2.24) is 9.97 Å². The highest BCUT2D eigenvalue weighted by Crippen LogP contribution is 2.35. The molecule has 4 aromatic rings. The number of nitrogens with zero attached hydrogens (tertiary/aromatic N) is 2. The lowest BCUT2D eigenvalue weighted by molar-refractivity contribution is 0.104. The van der Waals surface area contributed by atoms with Crippen molar-refractivity contribution in [2.24, 2.45) is 0 Å². The Morgan fingerprint density at radius 1 is 0.958 bits per heavy atom. The minimum Gasteiger partial charge on any atom is -0.397 e. The number of nitrogen functional groups attached to an aromatic ring is 1. The minimum atomic E-state index is -0.0680. The topological polar surface area (TPSA) is 68.9 Å². The van der Waals surface area contributed by atoms with Crippen LogP contribution in [0.15, 0.2) is 67.0 Å². The third kappa shape index (κ3) is 2.45. The number of fused-ring (bicyclic) bond motifs is 1. The van der Waals surface area contributed by atoms with E-state index >= 15 is 0 Å². The average molecular weight is 331 g/mol. The molecular weight excluding hydrogens is 318 g/mol. The molecule has 0 bridgehead atoms. The van der Waals surface area contributed by atoms with Gasteiger partial charge in [-0.3, -0.25) is 9.78 Å². The van der Waals surface area contributed by atoms with Gasteiger partial charge in [-0.15, -0.1) is 11.3 Å². The molecule has 2 N–H and O–H groups in total.